The van der Waals surface area contributed by atoms with Crippen molar-refractivity contribution in [2.45, 2.75) is 62.9 Å². The fraction of sp³-hybridized carbons (Fsp3) is 1.00. The molecule has 3 N–H and O–H groups in total. The molecule has 0 aromatic rings. The Morgan fingerprint density at radius 2 is 0.765 bits per heavy atom. The van der Waals surface area contributed by atoms with Gasteiger partial charge in [-0.05, 0) is 0 Å². The van der Waals surface area contributed by atoms with Crippen molar-refractivity contribution in [3.63, 3.8) is 0 Å². The van der Waals surface area contributed by atoms with Crippen LogP contribution in [-0.4, -0.2) is 42.9 Å². The standard InChI is InChI=1S/C10H31O3PSi3/c1-15(2,3)10(14(11,12)13,16(4,5)6)17(7,8)9/h11-14H,1-9H3. The minimum absolute atomic E-state index is 0.528. The molecule has 0 heterocycles. The summed E-state index contributed by atoms with van der Waals surface area (Å²) in [5.74, 6) is 0. The second-order valence-electron chi connectivity index (χ2n) is 8.14. The van der Waals surface area contributed by atoms with Gasteiger partial charge >= 0.3 is 110 Å². The van der Waals surface area contributed by atoms with Gasteiger partial charge in [0.15, 0.2) is 0 Å². The fourth-order valence-corrected chi connectivity index (χ4v) is 44.0. The van der Waals surface area contributed by atoms with E-state index in [2.05, 4.69) is 58.9 Å². The van der Waals surface area contributed by atoms with E-state index in [4.69, 9.17) is 0 Å². The number of hydrogen-bond donors (Lipinski definition) is 3. The van der Waals surface area contributed by atoms with Gasteiger partial charge in [-0.2, -0.15) is 0 Å². The summed E-state index contributed by atoms with van der Waals surface area (Å²) >= 11 is 0. The average molecular weight is 315 g/mol. The van der Waals surface area contributed by atoms with Crippen LogP contribution in [0.15, 0.2) is 0 Å². The van der Waals surface area contributed by atoms with Crippen LogP contribution in [0.5, 0.6) is 0 Å². The summed E-state index contributed by atoms with van der Waals surface area (Å²) in [4.78, 5) is 30.9. The molecule has 3 nitrogen and oxygen atoms in total. The van der Waals surface area contributed by atoms with Crippen LogP contribution >= 0.6 is 7.94 Å². The third-order valence-electron chi connectivity index (χ3n) is 3.88. The second-order valence-corrected chi connectivity index (χ2v) is 28.9. The van der Waals surface area contributed by atoms with Gasteiger partial charge in [-0.1, -0.05) is 0 Å². The van der Waals surface area contributed by atoms with E-state index in [-0.39, 0.29) is 0 Å². The van der Waals surface area contributed by atoms with Gasteiger partial charge in [0, 0.05) is 0 Å². The van der Waals surface area contributed by atoms with Crippen LogP contribution < -0.4 is 0 Å². The molecule has 0 amide bonds. The van der Waals surface area contributed by atoms with Gasteiger partial charge < -0.3 is 0 Å². The summed E-state index contributed by atoms with van der Waals surface area (Å²) in [5, 5.41) is 0. The topological polar surface area (TPSA) is 60.7 Å². The normalized spacial score (nSPS) is 17.2. The van der Waals surface area contributed by atoms with E-state index in [9.17, 15) is 14.7 Å². The molecular formula is C10H31O3PSi3. The molecule has 0 aliphatic rings. The molecule has 0 radical (unpaired) electrons. The van der Waals surface area contributed by atoms with Gasteiger partial charge in [0.1, 0.15) is 0 Å². The SMILES string of the molecule is C[Si](C)(C)C([Si](C)(C)C)([Si](C)(C)C)[PH](O)(O)O. The van der Waals surface area contributed by atoms with Gasteiger partial charge in [0.2, 0.25) is 0 Å². The van der Waals surface area contributed by atoms with Gasteiger partial charge in [-0.25, -0.2) is 0 Å². The van der Waals surface area contributed by atoms with E-state index in [0.29, 0.717) is 0 Å². The van der Waals surface area contributed by atoms with Gasteiger partial charge in [-0.15, -0.1) is 0 Å². The molecule has 0 unspecified atom stereocenters. The van der Waals surface area contributed by atoms with Crippen molar-refractivity contribution in [1.82, 2.24) is 0 Å². The van der Waals surface area contributed by atoms with Gasteiger partial charge in [0.25, 0.3) is 0 Å². The van der Waals surface area contributed by atoms with Crippen LogP contribution in [-0.2, 0) is 0 Å². The molecule has 17 heavy (non-hydrogen) atoms. The minimum atomic E-state index is -4.16. The van der Waals surface area contributed by atoms with Crippen LogP contribution in [0.4, 0.5) is 0 Å². The molecule has 0 aliphatic heterocycles. The van der Waals surface area contributed by atoms with Crippen molar-refractivity contribution in [2.24, 2.45) is 0 Å². The summed E-state index contributed by atoms with van der Waals surface area (Å²) in [6.45, 7) is 19.6. The third-order valence-corrected chi connectivity index (χ3v) is 34.9. The molecule has 0 saturated heterocycles. The van der Waals surface area contributed by atoms with Crippen LogP contribution in [0.1, 0.15) is 0 Å². The first-order valence-corrected chi connectivity index (χ1v) is 18.5. The Hall–Kier alpha value is 0.961. The van der Waals surface area contributed by atoms with Crippen molar-refractivity contribution in [3.8, 4) is 0 Å². The predicted octanol–water partition coefficient (Wildman–Crippen LogP) is 2.83. The Balaban J connectivity index is 6.37. The molecule has 0 aliphatic carbocycles. The molecule has 0 saturated carbocycles. The van der Waals surface area contributed by atoms with Crippen molar-refractivity contribution in [2.75, 3.05) is 0 Å². The molecule has 7 heteroatoms. The molecule has 0 fully saturated rings. The molecule has 0 bridgehead atoms. The zero-order valence-corrected chi connectivity index (χ0v) is 16.8. The van der Waals surface area contributed by atoms with Crippen LogP contribution in [0, 0.1) is 0 Å². The Kier molecular flexibility index (Phi) is 4.76. The van der Waals surface area contributed by atoms with Gasteiger partial charge in [-0.3, -0.25) is 0 Å². The van der Waals surface area contributed by atoms with Crippen LogP contribution in [0.3, 0.4) is 0 Å². The molecule has 0 spiro atoms. The third kappa shape index (κ3) is 2.78. The van der Waals surface area contributed by atoms with E-state index in [1.807, 2.05) is 0 Å². The number of hydrogen-bond acceptors (Lipinski definition) is 3. The maximum atomic E-state index is 10.3. The molecule has 0 atom stereocenters. The summed E-state index contributed by atoms with van der Waals surface area (Å²) < 4.78 is -0.528. The Bertz CT molecular complexity index is 220. The van der Waals surface area contributed by atoms with E-state index in [1.54, 1.807) is 0 Å². The molecule has 0 aromatic carbocycles. The molecule has 0 aromatic heterocycles. The Morgan fingerprint density at radius 3 is 0.765 bits per heavy atom. The first kappa shape index (κ1) is 18.0. The average Bonchev–Trinajstić information content (AvgIpc) is 1.67. The summed E-state index contributed by atoms with van der Waals surface area (Å²) in [6, 6.07) is 0. The predicted molar refractivity (Wildman–Crippen MR) is 87.7 cm³/mol. The van der Waals surface area contributed by atoms with Crippen molar-refractivity contribution < 1.29 is 14.7 Å². The molecule has 106 valence electrons. The van der Waals surface area contributed by atoms with Crippen molar-refractivity contribution >= 4 is 32.2 Å². The van der Waals surface area contributed by atoms with E-state index in [0.717, 1.165) is 0 Å². The quantitative estimate of drug-likeness (QED) is 0.552. The first-order valence-electron chi connectivity index (χ1n) is 6.17. The van der Waals surface area contributed by atoms with Crippen molar-refractivity contribution in [3.05, 3.63) is 0 Å². The zero-order valence-electron chi connectivity index (χ0n) is 12.8. The van der Waals surface area contributed by atoms with Crippen LogP contribution in [0.25, 0.3) is 0 Å². The van der Waals surface area contributed by atoms with Gasteiger partial charge in [0.05, 0.1) is 0 Å². The van der Waals surface area contributed by atoms with Crippen molar-refractivity contribution in [1.29, 1.82) is 0 Å². The maximum absolute atomic E-state index is 10.3. The Morgan fingerprint density at radius 1 is 0.588 bits per heavy atom. The Labute approximate surface area is 110 Å². The molecule has 0 rings (SSSR count). The van der Waals surface area contributed by atoms with E-state index >= 15 is 0 Å². The number of rotatable bonds is 4. The fourth-order valence-electron chi connectivity index (χ4n) is 4.88. The monoisotopic (exact) mass is 314 g/mol. The van der Waals surface area contributed by atoms with E-state index in [1.165, 1.54) is 0 Å². The zero-order chi connectivity index (χ0) is 14.5. The summed E-state index contributed by atoms with van der Waals surface area (Å²) in [6.07, 6.45) is 0. The summed E-state index contributed by atoms with van der Waals surface area (Å²) in [5.41, 5.74) is 0. The molecular weight excluding hydrogens is 283 g/mol. The van der Waals surface area contributed by atoms with E-state index < -0.39 is 36.2 Å². The van der Waals surface area contributed by atoms with Crippen LogP contribution in [0.2, 0.25) is 58.9 Å². The first-order chi connectivity index (χ1) is 7.00. The second kappa shape index (κ2) is 4.51. The summed E-state index contributed by atoms with van der Waals surface area (Å²) in [7, 11) is -9.88.